The Kier molecular flexibility index (Phi) is 7.00. The van der Waals surface area contributed by atoms with Crippen molar-refractivity contribution >= 4 is 5.96 Å². The second-order valence-electron chi connectivity index (χ2n) is 8.06. The number of guanidine groups is 1. The summed E-state index contributed by atoms with van der Waals surface area (Å²) in [6.07, 6.45) is 8.53. The van der Waals surface area contributed by atoms with Crippen molar-refractivity contribution in [3.63, 3.8) is 0 Å². The van der Waals surface area contributed by atoms with E-state index >= 15 is 0 Å². The first-order chi connectivity index (χ1) is 13.1. The summed E-state index contributed by atoms with van der Waals surface area (Å²) >= 11 is 0. The first kappa shape index (κ1) is 20.0. The summed E-state index contributed by atoms with van der Waals surface area (Å²) in [6.45, 7) is 3.76. The Morgan fingerprint density at radius 3 is 2.63 bits per heavy atom. The van der Waals surface area contributed by atoms with Gasteiger partial charge in [-0.05, 0) is 63.1 Å². The number of aliphatic imine (C=N–C) groups is 1. The minimum atomic E-state index is -0.127. The normalized spacial score (nSPS) is 25.2. The fraction of sp³-hybridized carbons (Fsp3) is 0.682. The van der Waals surface area contributed by atoms with E-state index in [1.807, 2.05) is 6.07 Å². The number of hydrogen-bond donors (Lipinski definition) is 3. The Balaban J connectivity index is 1.73. The number of methoxy groups -OCH3 is 1. The Hall–Kier alpha value is -1.75. The van der Waals surface area contributed by atoms with Gasteiger partial charge in [0, 0.05) is 18.0 Å². The second-order valence-corrected chi connectivity index (χ2v) is 8.06. The highest BCUT2D eigenvalue weighted by molar-refractivity contribution is 5.80. The Morgan fingerprint density at radius 2 is 1.96 bits per heavy atom. The summed E-state index contributed by atoms with van der Waals surface area (Å²) in [5, 5.41) is 16.7. The molecule has 0 aromatic heterocycles. The fourth-order valence-corrected chi connectivity index (χ4v) is 4.51. The van der Waals surface area contributed by atoms with Crippen LogP contribution in [-0.4, -0.2) is 43.4 Å². The molecule has 2 aliphatic rings. The van der Waals surface area contributed by atoms with Crippen molar-refractivity contribution in [2.24, 2.45) is 4.99 Å². The van der Waals surface area contributed by atoms with Crippen LogP contribution in [0.15, 0.2) is 29.3 Å². The average molecular weight is 374 g/mol. The van der Waals surface area contributed by atoms with Gasteiger partial charge in [-0.3, -0.25) is 4.99 Å². The third-order valence-corrected chi connectivity index (χ3v) is 6.16. The number of rotatable bonds is 6. The summed E-state index contributed by atoms with van der Waals surface area (Å²) < 4.78 is 5.45. The van der Waals surface area contributed by atoms with Gasteiger partial charge < -0.3 is 20.5 Å². The summed E-state index contributed by atoms with van der Waals surface area (Å²) in [7, 11) is 1.73. The zero-order valence-electron chi connectivity index (χ0n) is 16.8. The van der Waals surface area contributed by atoms with E-state index in [0.717, 1.165) is 50.5 Å². The van der Waals surface area contributed by atoms with E-state index < -0.39 is 0 Å². The maximum Gasteiger partial charge on any atom is 0.191 e. The van der Waals surface area contributed by atoms with E-state index in [4.69, 9.17) is 9.73 Å². The third-order valence-electron chi connectivity index (χ3n) is 6.16. The van der Waals surface area contributed by atoms with Crippen LogP contribution in [0.1, 0.15) is 63.9 Å². The number of nitrogens with one attached hydrogen (secondary N) is 2. The zero-order valence-corrected chi connectivity index (χ0v) is 16.8. The van der Waals surface area contributed by atoms with Crippen molar-refractivity contribution in [1.29, 1.82) is 0 Å². The van der Waals surface area contributed by atoms with Gasteiger partial charge in [0.15, 0.2) is 5.96 Å². The molecule has 150 valence electrons. The minimum absolute atomic E-state index is 0.111. The van der Waals surface area contributed by atoms with Crippen molar-refractivity contribution in [3.05, 3.63) is 29.8 Å². The van der Waals surface area contributed by atoms with Gasteiger partial charge in [-0.25, -0.2) is 0 Å². The van der Waals surface area contributed by atoms with Crippen LogP contribution in [0.3, 0.4) is 0 Å². The predicted octanol–water partition coefficient (Wildman–Crippen LogP) is 3.37. The number of aliphatic hydroxyl groups is 1. The van der Waals surface area contributed by atoms with Gasteiger partial charge in [-0.2, -0.15) is 0 Å². The van der Waals surface area contributed by atoms with E-state index in [9.17, 15) is 5.11 Å². The Bertz CT molecular complexity index is 618. The van der Waals surface area contributed by atoms with E-state index in [1.165, 1.54) is 31.2 Å². The largest absolute Gasteiger partial charge is 0.497 e. The molecule has 2 saturated carbocycles. The second kappa shape index (κ2) is 9.45. The molecular weight excluding hydrogens is 338 g/mol. The van der Waals surface area contributed by atoms with E-state index in [1.54, 1.807) is 7.11 Å². The van der Waals surface area contributed by atoms with Crippen LogP contribution in [0, 0.1) is 0 Å². The van der Waals surface area contributed by atoms with Crippen molar-refractivity contribution in [2.45, 2.75) is 75.9 Å². The smallest absolute Gasteiger partial charge is 0.191 e. The molecule has 5 nitrogen and oxygen atoms in total. The molecule has 0 amide bonds. The molecule has 0 bridgehead atoms. The van der Waals surface area contributed by atoms with E-state index in [-0.39, 0.29) is 11.5 Å². The molecule has 2 fully saturated rings. The third kappa shape index (κ3) is 5.16. The Labute approximate surface area is 163 Å². The topological polar surface area (TPSA) is 65.9 Å². The zero-order chi connectivity index (χ0) is 19.1. The molecule has 0 heterocycles. The lowest BCUT2D eigenvalue weighted by molar-refractivity contribution is 0.120. The molecule has 2 aliphatic carbocycles. The molecule has 0 spiro atoms. The standard InChI is InChI=1S/C22H35N3O2/c1-3-23-21(25-18-9-11-19(26)12-10-18)24-16-22(13-4-5-14-22)17-7-6-8-20(15-17)27-2/h6-8,15,18-19,26H,3-5,9-14,16H2,1-2H3,(H2,23,24,25). The summed E-state index contributed by atoms with van der Waals surface area (Å²) in [5.41, 5.74) is 1.46. The lowest BCUT2D eigenvalue weighted by Gasteiger charge is -2.30. The molecule has 1 aromatic rings. The van der Waals surface area contributed by atoms with Crippen molar-refractivity contribution < 1.29 is 9.84 Å². The lowest BCUT2D eigenvalue weighted by Crippen LogP contribution is -2.46. The molecule has 27 heavy (non-hydrogen) atoms. The summed E-state index contributed by atoms with van der Waals surface area (Å²) in [5.74, 6) is 1.83. The molecule has 0 atom stereocenters. The van der Waals surface area contributed by atoms with Crippen LogP contribution in [-0.2, 0) is 5.41 Å². The van der Waals surface area contributed by atoms with Gasteiger partial charge in [-0.1, -0.05) is 25.0 Å². The number of ether oxygens (including phenoxy) is 1. The molecule has 0 saturated heterocycles. The first-order valence-electron chi connectivity index (χ1n) is 10.5. The maximum atomic E-state index is 9.73. The van der Waals surface area contributed by atoms with Crippen LogP contribution in [0.2, 0.25) is 0 Å². The highest BCUT2D eigenvalue weighted by atomic mass is 16.5. The quantitative estimate of drug-likeness (QED) is 0.528. The molecular formula is C22H35N3O2. The Morgan fingerprint density at radius 1 is 1.22 bits per heavy atom. The average Bonchev–Trinajstić information content (AvgIpc) is 3.18. The number of hydrogen-bond acceptors (Lipinski definition) is 3. The minimum Gasteiger partial charge on any atom is -0.497 e. The lowest BCUT2D eigenvalue weighted by atomic mass is 9.79. The van der Waals surface area contributed by atoms with Crippen LogP contribution >= 0.6 is 0 Å². The van der Waals surface area contributed by atoms with Crippen LogP contribution in [0.5, 0.6) is 5.75 Å². The predicted molar refractivity (Wildman–Crippen MR) is 111 cm³/mol. The fourth-order valence-electron chi connectivity index (χ4n) is 4.51. The van der Waals surface area contributed by atoms with Gasteiger partial charge in [0.1, 0.15) is 5.75 Å². The van der Waals surface area contributed by atoms with E-state index in [0.29, 0.717) is 6.04 Å². The molecule has 3 N–H and O–H groups in total. The number of aliphatic hydroxyl groups excluding tert-OH is 1. The van der Waals surface area contributed by atoms with Crippen molar-refractivity contribution in [3.8, 4) is 5.75 Å². The summed E-state index contributed by atoms with van der Waals surface area (Å²) in [6, 6.07) is 8.92. The van der Waals surface area contributed by atoms with E-state index in [2.05, 4.69) is 35.8 Å². The van der Waals surface area contributed by atoms with Crippen molar-refractivity contribution in [1.82, 2.24) is 10.6 Å². The van der Waals surface area contributed by atoms with Gasteiger partial charge in [0.2, 0.25) is 0 Å². The van der Waals surface area contributed by atoms with Gasteiger partial charge in [0.05, 0.1) is 19.8 Å². The van der Waals surface area contributed by atoms with Crippen molar-refractivity contribution in [2.75, 3.05) is 20.2 Å². The van der Waals surface area contributed by atoms with Crippen LogP contribution in [0.4, 0.5) is 0 Å². The van der Waals surface area contributed by atoms with Gasteiger partial charge in [0.25, 0.3) is 0 Å². The molecule has 0 unspecified atom stereocenters. The molecule has 5 heteroatoms. The SMILES string of the molecule is CCNC(=NCC1(c2cccc(OC)c2)CCCC1)NC1CCC(O)CC1. The van der Waals surface area contributed by atoms with Crippen LogP contribution < -0.4 is 15.4 Å². The monoisotopic (exact) mass is 373 g/mol. The molecule has 3 rings (SSSR count). The van der Waals surface area contributed by atoms with Gasteiger partial charge >= 0.3 is 0 Å². The highest BCUT2D eigenvalue weighted by Gasteiger charge is 2.36. The highest BCUT2D eigenvalue weighted by Crippen LogP contribution is 2.42. The maximum absolute atomic E-state index is 9.73. The molecule has 1 aromatic carbocycles. The summed E-state index contributed by atoms with van der Waals surface area (Å²) in [4.78, 5) is 5.00. The number of benzene rings is 1. The molecule has 0 aliphatic heterocycles. The van der Waals surface area contributed by atoms with Gasteiger partial charge in [-0.15, -0.1) is 0 Å². The molecule has 0 radical (unpaired) electrons. The first-order valence-corrected chi connectivity index (χ1v) is 10.5. The number of nitrogens with zero attached hydrogens (tertiary/aromatic N) is 1. The van der Waals surface area contributed by atoms with Crippen LogP contribution in [0.25, 0.3) is 0 Å².